The molecule has 2 N–H and O–H groups in total. The van der Waals surface area contributed by atoms with Crippen LogP contribution in [0.1, 0.15) is 43.2 Å². The maximum atomic E-state index is 5.70. The van der Waals surface area contributed by atoms with Gasteiger partial charge in [0, 0.05) is 6.54 Å². The van der Waals surface area contributed by atoms with Crippen molar-refractivity contribution in [2.24, 2.45) is 5.73 Å². The smallest absolute Gasteiger partial charge is 0.0140 e. The summed E-state index contributed by atoms with van der Waals surface area (Å²) in [5, 5.41) is 0. The lowest BCUT2D eigenvalue weighted by molar-refractivity contribution is 1.02. The van der Waals surface area contributed by atoms with Crippen LogP contribution in [0.4, 0.5) is 0 Å². The number of hydrogen-bond acceptors (Lipinski definition) is 1. The van der Waals surface area contributed by atoms with E-state index in [4.69, 9.17) is 5.73 Å². The number of nitrogens with two attached hydrogens (primary N) is 1. The van der Waals surface area contributed by atoms with Crippen molar-refractivity contribution in [3.05, 3.63) is 41.0 Å². The molecule has 1 aliphatic rings. The van der Waals surface area contributed by atoms with Gasteiger partial charge in [-0.25, -0.2) is 0 Å². The molecule has 1 heteroatoms. The third-order valence-electron chi connectivity index (χ3n) is 3.09. The second kappa shape index (κ2) is 4.63. The molecule has 2 rings (SSSR count). The third-order valence-corrected chi connectivity index (χ3v) is 3.09. The molecule has 1 saturated carbocycles. The van der Waals surface area contributed by atoms with Crippen molar-refractivity contribution in [1.82, 2.24) is 0 Å². The standard InChI is InChI=1S/C14H19N/c1-2-11(10-15)9-13-5-3-4-6-14(13)12-7-8-12/h3-6,9,12H,2,7-8,10,15H2,1H3. The topological polar surface area (TPSA) is 26.0 Å². The zero-order valence-electron chi connectivity index (χ0n) is 9.37. The zero-order chi connectivity index (χ0) is 10.7. The van der Waals surface area contributed by atoms with E-state index in [1.54, 1.807) is 0 Å². The van der Waals surface area contributed by atoms with E-state index in [1.807, 2.05) is 0 Å². The number of rotatable bonds is 4. The van der Waals surface area contributed by atoms with Crippen molar-refractivity contribution in [2.45, 2.75) is 32.1 Å². The molecule has 80 valence electrons. The van der Waals surface area contributed by atoms with Crippen LogP contribution in [0, 0.1) is 0 Å². The molecular formula is C14H19N. The molecule has 1 aliphatic carbocycles. The van der Waals surface area contributed by atoms with Gasteiger partial charge in [0.2, 0.25) is 0 Å². The molecule has 0 aliphatic heterocycles. The summed E-state index contributed by atoms with van der Waals surface area (Å²) in [5.74, 6) is 0.813. The molecule has 0 unspecified atom stereocenters. The Hall–Kier alpha value is -1.08. The summed E-state index contributed by atoms with van der Waals surface area (Å²) in [6, 6.07) is 8.72. The van der Waals surface area contributed by atoms with Gasteiger partial charge in [0.05, 0.1) is 0 Å². The molecule has 0 atom stereocenters. The molecule has 0 spiro atoms. The summed E-state index contributed by atoms with van der Waals surface area (Å²) in [5.41, 5.74) is 9.93. The molecule has 15 heavy (non-hydrogen) atoms. The van der Waals surface area contributed by atoms with Crippen LogP contribution in [0.3, 0.4) is 0 Å². The highest BCUT2D eigenvalue weighted by Gasteiger charge is 2.24. The van der Waals surface area contributed by atoms with Crippen LogP contribution >= 0.6 is 0 Å². The third kappa shape index (κ3) is 2.48. The van der Waals surface area contributed by atoms with E-state index in [0.29, 0.717) is 6.54 Å². The minimum absolute atomic E-state index is 0.676. The first-order chi connectivity index (χ1) is 7.35. The Bertz CT molecular complexity index is 355. The van der Waals surface area contributed by atoms with Gasteiger partial charge in [0.1, 0.15) is 0 Å². The summed E-state index contributed by atoms with van der Waals surface area (Å²) in [6.45, 7) is 2.84. The van der Waals surface area contributed by atoms with Crippen LogP contribution in [0.5, 0.6) is 0 Å². The molecule has 0 bridgehead atoms. The average Bonchev–Trinajstić information content (AvgIpc) is 3.10. The summed E-state index contributed by atoms with van der Waals surface area (Å²) < 4.78 is 0. The fourth-order valence-corrected chi connectivity index (χ4v) is 1.93. The molecule has 0 amide bonds. The quantitative estimate of drug-likeness (QED) is 0.794. The first-order valence-corrected chi connectivity index (χ1v) is 5.83. The van der Waals surface area contributed by atoms with Crippen molar-refractivity contribution in [3.63, 3.8) is 0 Å². The van der Waals surface area contributed by atoms with E-state index in [-0.39, 0.29) is 0 Å². The Kier molecular flexibility index (Phi) is 3.22. The van der Waals surface area contributed by atoms with Gasteiger partial charge in [-0.3, -0.25) is 0 Å². The second-order valence-corrected chi connectivity index (χ2v) is 4.26. The minimum atomic E-state index is 0.676. The number of hydrogen-bond donors (Lipinski definition) is 1. The lowest BCUT2D eigenvalue weighted by Crippen LogP contribution is -2.02. The molecule has 0 saturated heterocycles. The van der Waals surface area contributed by atoms with Crippen molar-refractivity contribution < 1.29 is 0 Å². The molecule has 0 aromatic heterocycles. The first kappa shape index (κ1) is 10.4. The largest absolute Gasteiger partial charge is 0.327 e. The van der Waals surface area contributed by atoms with Gasteiger partial charge in [-0.1, -0.05) is 42.8 Å². The van der Waals surface area contributed by atoms with Gasteiger partial charge in [-0.05, 0) is 36.3 Å². The van der Waals surface area contributed by atoms with Crippen LogP contribution < -0.4 is 5.73 Å². The zero-order valence-corrected chi connectivity index (χ0v) is 9.37. The molecule has 1 fully saturated rings. The highest BCUT2D eigenvalue weighted by molar-refractivity contribution is 5.58. The van der Waals surface area contributed by atoms with Gasteiger partial charge < -0.3 is 5.73 Å². The summed E-state index contributed by atoms with van der Waals surface area (Å²) in [6.07, 6.45) is 6.03. The van der Waals surface area contributed by atoms with E-state index < -0.39 is 0 Å². The highest BCUT2D eigenvalue weighted by Crippen LogP contribution is 2.42. The van der Waals surface area contributed by atoms with Crippen LogP contribution in [0.15, 0.2) is 29.8 Å². The Morgan fingerprint density at radius 1 is 1.40 bits per heavy atom. The Labute approximate surface area is 92.0 Å². The van der Waals surface area contributed by atoms with Crippen molar-refractivity contribution >= 4 is 6.08 Å². The lowest BCUT2D eigenvalue weighted by atomic mass is 10.0. The SMILES string of the molecule is CCC(=Cc1ccccc1C1CC1)CN. The minimum Gasteiger partial charge on any atom is -0.327 e. The summed E-state index contributed by atoms with van der Waals surface area (Å²) in [7, 11) is 0. The van der Waals surface area contributed by atoms with E-state index in [1.165, 1.54) is 29.5 Å². The van der Waals surface area contributed by atoms with Crippen molar-refractivity contribution in [3.8, 4) is 0 Å². The van der Waals surface area contributed by atoms with E-state index in [2.05, 4.69) is 37.3 Å². The van der Waals surface area contributed by atoms with Gasteiger partial charge in [-0.15, -0.1) is 0 Å². The Morgan fingerprint density at radius 3 is 2.73 bits per heavy atom. The Morgan fingerprint density at radius 2 is 2.13 bits per heavy atom. The highest BCUT2D eigenvalue weighted by atomic mass is 14.5. The lowest BCUT2D eigenvalue weighted by Gasteiger charge is -2.06. The fraction of sp³-hybridized carbons (Fsp3) is 0.429. The van der Waals surface area contributed by atoms with E-state index >= 15 is 0 Å². The van der Waals surface area contributed by atoms with Crippen molar-refractivity contribution in [1.29, 1.82) is 0 Å². The van der Waals surface area contributed by atoms with Crippen LogP contribution in [-0.2, 0) is 0 Å². The molecule has 0 radical (unpaired) electrons. The molecule has 1 aromatic carbocycles. The van der Waals surface area contributed by atoms with Gasteiger partial charge in [0.25, 0.3) is 0 Å². The van der Waals surface area contributed by atoms with E-state index in [0.717, 1.165) is 12.3 Å². The van der Waals surface area contributed by atoms with Gasteiger partial charge in [-0.2, -0.15) is 0 Å². The predicted molar refractivity (Wildman–Crippen MR) is 65.7 cm³/mol. The normalized spacial score (nSPS) is 16.8. The maximum Gasteiger partial charge on any atom is 0.0140 e. The van der Waals surface area contributed by atoms with Crippen molar-refractivity contribution in [2.75, 3.05) is 6.54 Å². The second-order valence-electron chi connectivity index (χ2n) is 4.26. The van der Waals surface area contributed by atoms with Gasteiger partial charge >= 0.3 is 0 Å². The average molecular weight is 201 g/mol. The molecule has 0 heterocycles. The fourth-order valence-electron chi connectivity index (χ4n) is 1.93. The maximum absolute atomic E-state index is 5.70. The number of benzene rings is 1. The summed E-state index contributed by atoms with van der Waals surface area (Å²) >= 11 is 0. The van der Waals surface area contributed by atoms with Crippen LogP contribution in [0.25, 0.3) is 6.08 Å². The monoisotopic (exact) mass is 201 g/mol. The van der Waals surface area contributed by atoms with Crippen LogP contribution in [-0.4, -0.2) is 6.54 Å². The van der Waals surface area contributed by atoms with E-state index in [9.17, 15) is 0 Å². The van der Waals surface area contributed by atoms with Crippen LogP contribution in [0.2, 0.25) is 0 Å². The predicted octanol–water partition coefficient (Wildman–Crippen LogP) is 3.32. The molecule has 1 nitrogen and oxygen atoms in total. The molecule has 1 aromatic rings. The summed E-state index contributed by atoms with van der Waals surface area (Å²) in [4.78, 5) is 0. The molecular weight excluding hydrogens is 182 g/mol. The van der Waals surface area contributed by atoms with Gasteiger partial charge in [0.15, 0.2) is 0 Å². The first-order valence-electron chi connectivity index (χ1n) is 5.83. The Balaban J connectivity index is 2.30.